The highest BCUT2D eigenvalue weighted by Gasteiger charge is 2.12. The molecule has 0 aromatic heterocycles. The van der Waals surface area contributed by atoms with Gasteiger partial charge >= 0.3 is 0 Å². The summed E-state index contributed by atoms with van der Waals surface area (Å²) in [6.07, 6.45) is 7.51. The van der Waals surface area contributed by atoms with Gasteiger partial charge in [0.1, 0.15) is 6.61 Å². The standard InChI is InChI=1S/C8H13NO/c1-2-6-10-7-8-4-3-5-9-8/h1,8-9H,3-7H2. The van der Waals surface area contributed by atoms with Crippen molar-refractivity contribution in [2.45, 2.75) is 18.9 Å². The number of hydrogen-bond acceptors (Lipinski definition) is 2. The van der Waals surface area contributed by atoms with Crippen molar-refractivity contribution in [2.75, 3.05) is 19.8 Å². The lowest BCUT2D eigenvalue weighted by atomic mass is 10.2. The molecule has 0 bridgehead atoms. The lowest BCUT2D eigenvalue weighted by Gasteiger charge is -2.07. The summed E-state index contributed by atoms with van der Waals surface area (Å²) in [6.45, 7) is 2.34. The van der Waals surface area contributed by atoms with Gasteiger partial charge in [0, 0.05) is 6.04 Å². The molecule has 1 saturated heterocycles. The molecule has 1 unspecified atom stereocenters. The molecule has 1 aliphatic heterocycles. The number of ether oxygens (including phenoxy) is 1. The molecular weight excluding hydrogens is 126 g/mol. The van der Waals surface area contributed by atoms with Crippen LogP contribution >= 0.6 is 0 Å². The van der Waals surface area contributed by atoms with Gasteiger partial charge in [-0.05, 0) is 19.4 Å². The van der Waals surface area contributed by atoms with Gasteiger partial charge in [0.15, 0.2) is 0 Å². The van der Waals surface area contributed by atoms with Gasteiger partial charge in [0.25, 0.3) is 0 Å². The van der Waals surface area contributed by atoms with Crippen molar-refractivity contribution >= 4 is 0 Å². The maximum atomic E-state index is 5.17. The molecule has 56 valence electrons. The van der Waals surface area contributed by atoms with E-state index in [0.29, 0.717) is 12.6 Å². The Bertz CT molecular complexity index is 122. The van der Waals surface area contributed by atoms with E-state index in [4.69, 9.17) is 11.2 Å². The van der Waals surface area contributed by atoms with E-state index in [1.807, 2.05) is 0 Å². The van der Waals surface area contributed by atoms with Crippen LogP contribution in [0.4, 0.5) is 0 Å². The summed E-state index contributed by atoms with van der Waals surface area (Å²) in [7, 11) is 0. The average Bonchev–Trinajstić information content (AvgIpc) is 2.41. The van der Waals surface area contributed by atoms with Crippen molar-refractivity contribution < 1.29 is 4.74 Å². The Morgan fingerprint density at radius 1 is 1.70 bits per heavy atom. The van der Waals surface area contributed by atoms with E-state index in [-0.39, 0.29) is 0 Å². The van der Waals surface area contributed by atoms with Crippen LogP contribution in [0.2, 0.25) is 0 Å². The Kier molecular flexibility index (Phi) is 3.28. The van der Waals surface area contributed by atoms with Gasteiger partial charge < -0.3 is 10.1 Å². The third-order valence-corrected chi connectivity index (χ3v) is 1.67. The molecule has 1 fully saturated rings. The molecule has 1 atom stereocenters. The van der Waals surface area contributed by atoms with Gasteiger partial charge in [0.05, 0.1) is 6.61 Å². The van der Waals surface area contributed by atoms with E-state index in [2.05, 4.69) is 11.2 Å². The molecule has 1 rings (SSSR count). The quantitative estimate of drug-likeness (QED) is 0.451. The highest BCUT2D eigenvalue weighted by Crippen LogP contribution is 2.04. The van der Waals surface area contributed by atoms with Crippen LogP contribution in [-0.4, -0.2) is 25.8 Å². The van der Waals surface area contributed by atoms with E-state index >= 15 is 0 Å². The summed E-state index contributed by atoms with van der Waals surface area (Å²) in [5, 5.41) is 3.32. The smallest absolute Gasteiger partial charge is 0.107 e. The minimum Gasteiger partial charge on any atom is -0.367 e. The molecule has 0 saturated carbocycles. The molecule has 10 heavy (non-hydrogen) atoms. The predicted molar refractivity (Wildman–Crippen MR) is 40.7 cm³/mol. The third kappa shape index (κ3) is 2.38. The SMILES string of the molecule is C#CCOCC1CCCN1. The minimum atomic E-state index is 0.443. The molecule has 1 aliphatic rings. The van der Waals surface area contributed by atoms with Crippen LogP contribution in [-0.2, 0) is 4.74 Å². The molecule has 2 nitrogen and oxygen atoms in total. The van der Waals surface area contributed by atoms with Crippen LogP contribution in [0.25, 0.3) is 0 Å². The number of terminal acetylenes is 1. The summed E-state index contributed by atoms with van der Waals surface area (Å²) in [6, 6.07) is 0.549. The highest BCUT2D eigenvalue weighted by atomic mass is 16.5. The van der Waals surface area contributed by atoms with Crippen molar-refractivity contribution in [1.29, 1.82) is 0 Å². The van der Waals surface area contributed by atoms with Crippen molar-refractivity contribution in [2.24, 2.45) is 0 Å². The van der Waals surface area contributed by atoms with Crippen molar-refractivity contribution in [1.82, 2.24) is 5.32 Å². The van der Waals surface area contributed by atoms with Gasteiger partial charge in [-0.2, -0.15) is 0 Å². The lowest BCUT2D eigenvalue weighted by Crippen LogP contribution is -2.26. The zero-order valence-corrected chi connectivity index (χ0v) is 6.10. The summed E-state index contributed by atoms with van der Waals surface area (Å²) < 4.78 is 5.17. The summed E-state index contributed by atoms with van der Waals surface area (Å²) in [5.74, 6) is 2.44. The van der Waals surface area contributed by atoms with E-state index in [9.17, 15) is 0 Å². The molecule has 0 aromatic carbocycles. The Morgan fingerprint density at radius 2 is 2.60 bits per heavy atom. The fourth-order valence-corrected chi connectivity index (χ4v) is 1.16. The van der Waals surface area contributed by atoms with Crippen LogP contribution in [0.15, 0.2) is 0 Å². The zero-order chi connectivity index (χ0) is 7.23. The van der Waals surface area contributed by atoms with Crippen LogP contribution in [0.3, 0.4) is 0 Å². The molecule has 2 heteroatoms. The van der Waals surface area contributed by atoms with Crippen LogP contribution in [0, 0.1) is 12.3 Å². The second-order valence-electron chi connectivity index (χ2n) is 2.51. The molecule has 0 radical (unpaired) electrons. The maximum Gasteiger partial charge on any atom is 0.107 e. The fraction of sp³-hybridized carbons (Fsp3) is 0.750. The third-order valence-electron chi connectivity index (χ3n) is 1.67. The first kappa shape index (κ1) is 7.59. The van der Waals surface area contributed by atoms with Crippen LogP contribution in [0.5, 0.6) is 0 Å². The Balaban J connectivity index is 1.97. The fourth-order valence-electron chi connectivity index (χ4n) is 1.16. The Morgan fingerprint density at radius 3 is 3.20 bits per heavy atom. The molecule has 0 amide bonds. The second kappa shape index (κ2) is 4.32. The van der Waals surface area contributed by atoms with Crippen LogP contribution in [0.1, 0.15) is 12.8 Å². The van der Waals surface area contributed by atoms with E-state index in [1.54, 1.807) is 0 Å². The number of hydrogen-bond donors (Lipinski definition) is 1. The van der Waals surface area contributed by atoms with Crippen molar-refractivity contribution in [3.63, 3.8) is 0 Å². The van der Waals surface area contributed by atoms with Gasteiger partial charge in [-0.15, -0.1) is 6.42 Å². The first-order valence-corrected chi connectivity index (χ1v) is 3.68. The molecular formula is C8H13NO. The van der Waals surface area contributed by atoms with E-state index in [1.165, 1.54) is 12.8 Å². The Labute approximate surface area is 62.0 Å². The monoisotopic (exact) mass is 139 g/mol. The van der Waals surface area contributed by atoms with Gasteiger partial charge in [-0.3, -0.25) is 0 Å². The van der Waals surface area contributed by atoms with Gasteiger partial charge in [-0.25, -0.2) is 0 Å². The minimum absolute atomic E-state index is 0.443. The zero-order valence-electron chi connectivity index (χ0n) is 6.10. The topological polar surface area (TPSA) is 21.3 Å². The second-order valence-corrected chi connectivity index (χ2v) is 2.51. The number of nitrogens with one attached hydrogen (secondary N) is 1. The summed E-state index contributed by atoms with van der Waals surface area (Å²) >= 11 is 0. The van der Waals surface area contributed by atoms with E-state index < -0.39 is 0 Å². The van der Waals surface area contributed by atoms with E-state index in [0.717, 1.165) is 13.2 Å². The maximum absolute atomic E-state index is 5.17. The summed E-state index contributed by atoms with van der Waals surface area (Å²) in [4.78, 5) is 0. The Hall–Kier alpha value is -0.520. The highest BCUT2D eigenvalue weighted by molar-refractivity contribution is 4.83. The molecule has 0 spiro atoms. The van der Waals surface area contributed by atoms with Crippen molar-refractivity contribution in [3.8, 4) is 12.3 Å². The molecule has 1 heterocycles. The number of rotatable bonds is 3. The first-order valence-electron chi connectivity index (χ1n) is 3.68. The lowest BCUT2D eigenvalue weighted by molar-refractivity contribution is 0.146. The van der Waals surface area contributed by atoms with Crippen molar-refractivity contribution in [3.05, 3.63) is 0 Å². The molecule has 1 N–H and O–H groups in total. The first-order chi connectivity index (χ1) is 4.93. The van der Waals surface area contributed by atoms with Gasteiger partial charge in [-0.1, -0.05) is 5.92 Å². The van der Waals surface area contributed by atoms with Crippen LogP contribution < -0.4 is 5.32 Å². The summed E-state index contributed by atoms with van der Waals surface area (Å²) in [5.41, 5.74) is 0. The predicted octanol–water partition coefficient (Wildman–Crippen LogP) is 0.388. The average molecular weight is 139 g/mol. The molecule has 0 aliphatic carbocycles. The normalized spacial score (nSPS) is 24.5. The molecule has 0 aromatic rings. The van der Waals surface area contributed by atoms with Gasteiger partial charge in [0.2, 0.25) is 0 Å². The largest absolute Gasteiger partial charge is 0.367 e.